The Hall–Kier alpha value is -2.18. The number of nitrogens with zero attached hydrogens (tertiary/aromatic N) is 1. The lowest BCUT2D eigenvalue weighted by Crippen LogP contribution is -2.38. The Morgan fingerprint density at radius 2 is 1.45 bits per heavy atom. The van der Waals surface area contributed by atoms with Crippen molar-refractivity contribution < 1.29 is 19.2 Å². The van der Waals surface area contributed by atoms with E-state index in [2.05, 4.69) is 10.6 Å². The molecule has 0 aromatic carbocycles. The first-order valence-corrected chi connectivity index (χ1v) is 13.1. The first-order valence-electron chi connectivity index (χ1n) is 13.1. The molecular formula is C26H41N3O4. The summed E-state index contributed by atoms with van der Waals surface area (Å²) >= 11 is 0. The SMILES string of the molecule is O=C(CCCCCNC(=O)C1CCC(CN2C(=O)C=CC2=O)CC1)NC1CCCCCCC1. The highest BCUT2D eigenvalue weighted by Crippen LogP contribution is 2.30. The van der Waals surface area contributed by atoms with E-state index < -0.39 is 0 Å². The lowest BCUT2D eigenvalue weighted by molar-refractivity contribution is -0.138. The summed E-state index contributed by atoms with van der Waals surface area (Å²) < 4.78 is 0. The number of imide groups is 1. The van der Waals surface area contributed by atoms with E-state index in [4.69, 9.17) is 0 Å². The largest absolute Gasteiger partial charge is 0.356 e. The Kier molecular flexibility index (Phi) is 10.4. The third-order valence-electron chi connectivity index (χ3n) is 7.41. The molecule has 3 rings (SSSR count). The topological polar surface area (TPSA) is 95.6 Å². The molecule has 2 fully saturated rings. The van der Waals surface area contributed by atoms with Gasteiger partial charge in [0.05, 0.1) is 0 Å². The van der Waals surface area contributed by atoms with Crippen molar-refractivity contribution in [1.82, 2.24) is 15.5 Å². The molecule has 4 amide bonds. The predicted molar refractivity (Wildman–Crippen MR) is 127 cm³/mol. The summed E-state index contributed by atoms with van der Waals surface area (Å²) in [5, 5.41) is 6.27. The molecule has 33 heavy (non-hydrogen) atoms. The lowest BCUT2D eigenvalue weighted by atomic mass is 9.81. The van der Waals surface area contributed by atoms with Crippen molar-refractivity contribution in [3.8, 4) is 0 Å². The third-order valence-corrected chi connectivity index (χ3v) is 7.41. The summed E-state index contributed by atoms with van der Waals surface area (Å²) in [5.74, 6) is 0.156. The van der Waals surface area contributed by atoms with Gasteiger partial charge in [-0.15, -0.1) is 0 Å². The molecule has 0 spiro atoms. The Bertz CT molecular complexity index is 686. The average Bonchev–Trinajstić information content (AvgIpc) is 3.10. The summed E-state index contributed by atoms with van der Waals surface area (Å²) in [4.78, 5) is 49.4. The number of unbranched alkanes of at least 4 members (excludes halogenated alkanes) is 2. The summed E-state index contributed by atoms with van der Waals surface area (Å²) in [6, 6.07) is 0.361. The number of carbonyl (C=O) groups excluding carboxylic acids is 4. The van der Waals surface area contributed by atoms with E-state index in [0.717, 1.165) is 57.8 Å². The maximum Gasteiger partial charge on any atom is 0.253 e. The van der Waals surface area contributed by atoms with Crippen LogP contribution in [0.3, 0.4) is 0 Å². The van der Waals surface area contributed by atoms with Gasteiger partial charge in [-0.05, 0) is 57.3 Å². The van der Waals surface area contributed by atoms with Crippen molar-refractivity contribution in [3.05, 3.63) is 12.2 Å². The Morgan fingerprint density at radius 1 is 0.818 bits per heavy atom. The number of carbonyl (C=O) groups is 4. The van der Waals surface area contributed by atoms with E-state index in [1.54, 1.807) is 0 Å². The summed E-state index contributed by atoms with van der Waals surface area (Å²) in [7, 11) is 0. The van der Waals surface area contributed by atoms with Gasteiger partial charge in [0.15, 0.2) is 0 Å². The molecule has 0 unspecified atom stereocenters. The van der Waals surface area contributed by atoms with Gasteiger partial charge in [0.25, 0.3) is 11.8 Å². The van der Waals surface area contributed by atoms with Crippen molar-refractivity contribution >= 4 is 23.6 Å². The van der Waals surface area contributed by atoms with Gasteiger partial charge in [0.1, 0.15) is 0 Å². The van der Waals surface area contributed by atoms with Crippen LogP contribution < -0.4 is 10.6 Å². The molecule has 1 aliphatic heterocycles. The third kappa shape index (κ3) is 8.59. The highest BCUT2D eigenvalue weighted by molar-refractivity contribution is 6.12. The first kappa shape index (κ1) is 25.4. The first-order chi connectivity index (χ1) is 16.0. The standard InChI is InChI=1S/C26H41N3O4/c30-23(28-22-9-5-2-1-3-6-10-22)11-7-4-8-18-27-26(33)21-14-12-20(13-15-21)19-29-24(31)16-17-25(29)32/h16-17,20-22H,1-15,18-19H2,(H,27,33)(H,28,30). The minimum absolute atomic E-state index is 0.0268. The van der Waals surface area contributed by atoms with Crippen molar-refractivity contribution in [2.45, 2.75) is 102 Å². The van der Waals surface area contributed by atoms with Gasteiger partial charge >= 0.3 is 0 Å². The fraction of sp³-hybridized carbons (Fsp3) is 0.769. The van der Waals surface area contributed by atoms with E-state index in [9.17, 15) is 19.2 Å². The highest BCUT2D eigenvalue weighted by atomic mass is 16.2. The minimum Gasteiger partial charge on any atom is -0.356 e. The van der Waals surface area contributed by atoms with Gasteiger partial charge in [-0.1, -0.05) is 38.5 Å². The molecule has 7 heteroatoms. The molecule has 0 aromatic heterocycles. The molecule has 0 aromatic rings. The molecule has 0 saturated heterocycles. The summed E-state index contributed by atoms with van der Waals surface area (Å²) in [6.45, 7) is 1.12. The Labute approximate surface area is 198 Å². The molecule has 184 valence electrons. The van der Waals surface area contributed by atoms with Crippen molar-refractivity contribution in [3.63, 3.8) is 0 Å². The molecule has 3 aliphatic rings. The van der Waals surface area contributed by atoms with E-state index in [1.807, 2.05) is 0 Å². The fourth-order valence-electron chi connectivity index (χ4n) is 5.32. The van der Waals surface area contributed by atoms with Gasteiger partial charge in [0.2, 0.25) is 11.8 Å². The van der Waals surface area contributed by atoms with Crippen LogP contribution in [0, 0.1) is 11.8 Å². The molecule has 2 saturated carbocycles. The van der Waals surface area contributed by atoms with Gasteiger partial charge in [-0.2, -0.15) is 0 Å². The second-order valence-electron chi connectivity index (χ2n) is 10.0. The molecule has 1 heterocycles. The van der Waals surface area contributed by atoms with E-state index in [0.29, 0.717) is 25.6 Å². The van der Waals surface area contributed by atoms with Crippen LogP contribution in [-0.4, -0.2) is 47.7 Å². The maximum atomic E-state index is 12.5. The van der Waals surface area contributed by atoms with Crippen LogP contribution in [0.25, 0.3) is 0 Å². The number of nitrogens with one attached hydrogen (secondary N) is 2. The Balaban J connectivity index is 1.20. The maximum absolute atomic E-state index is 12.5. The highest BCUT2D eigenvalue weighted by Gasteiger charge is 2.31. The second kappa shape index (κ2) is 13.5. The van der Waals surface area contributed by atoms with Gasteiger partial charge in [0, 0.05) is 43.6 Å². The summed E-state index contributed by atoms with van der Waals surface area (Å²) in [5.41, 5.74) is 0. The number of hydrogen-bond acceptors (Lipinski definition) is 4. The minimum atomic E-state index is -0.225. The molecule has 0 bridgehead atoms. The molecule has 0 atom stereocenters. The fourth-order valence-corrected chi connectivity index (χ4v) is 5.32. The summed E-state index contributed by atoms with van der Waals surface area (Å²) in [6.07, 6.45) is 17.9. The van der Waals surface area contributed by atoms with Crippen LogP contribution in [0.1, 0.15) is 96.3 Å². The van der Waals surface area contributed by atoms with Crippen LogP contribution in [0.15, 0.2) is 12.2 Å². The van der Waals surface area contributed by atoms with Crippen LogP contribution in [0.4, 0.5) is 0 Å². The zero-order chi connectivity index (χ0) is 23.5. The monoisotopic (exact) mass is 459 g/mol. The molecule has 2 aliphatic carbocycles. The lowest BCUT2D eigenvalue weighted by Gasteiger charge is -2.30. The van der Waals surface area contributed by atoms with Crippen molar-refractivity contribution in [1.29, 1.82) is 0 Å². The molecule has 2 N–H and O–H groups in total. The zero-order valence-corrected chi connectivity index (χ0v) is 20.0. The van der Waals surface area contributed by atoms with Crippen molar-refractivity contribution in [2.24, 2.45) is 11.8 Å². The van der Waals surface area contributed by atoms with Gasteiger partial charge < -0.3 is 10.6 Å². The smallest absolute Gasteiger partial charge is 0.253 e. The zero-order valence-electron chi connectivity index (χ0n) is 20.0. The number of hydrogen-bond donors (Lipinski definition) is 2. The van der Waals surface area contributed by atoms with Gasteiger partial charge in [-0.25, -0.2) is 0 Å². The van der Waals surface area contributed by atoms with Gasteiger partial charge in [-0.3, -0.25) is 24.1 Å². The second-order valence-corrected chi connectivity index (χ2v) is 10.0. The number of amides is 4. The molecule has 0 radical (unpaired) electrons. The Morgan fingerprint density at radius 3 is 2.12 bits per heavy atom. The van der Waals surface area contributed by atoms with E-state index in [1.165, 1.54) is 49.2 Å². The van der Waals surface area contributed by atoms with Crippen LogP contribution in [0.5, 0.6) is 0 Å². The molecule has 7 nitrogen and oxygen atoms in total. The number of rotatable bonds is 10. The van der Waals surface area contributed by atoms with E-state index >= 15 is 0 Å². The normalized spacial score (nSPS) is 24.4. The predicted octanol–water partition coefficient (Wildman–Crippen LogP) is 3.62. The quantitative estimate of drug-likeness (QED) is 0.385. The average molecular weight is 460 g/mol. The van der Waals surface area contributed by atoms with Crippen molar-refractivity contribution in [2.75, 3.05) is 13.1 Å². The van der Waals surface area contributed by atoms with E-state index in [-0.39, 0.29) is 35.5 Å². The van der Waals surface area contributed by atoms with Crippen LogP contribution in [0.2, 0.25) is 0 Å². The van der Waals surface area contributed by atoms with Crippen LogP contribution >= 0.6 is 0 Å². The van der Waals surface area contributed by atoms with Crippen LogP contribution in [-0.2, 0) is 19.2 Å². The molecular weight excluding hydrogens is 418 g/mol.